The normalized spacial score (nSPS) is 10.4. The summed E-state index contributed by atoms with van der Waals surface area (Å²) in [6.45, 7) is 0.438. The Bertz CT molecular complexity index is 768. The molecule has 0 atom stereocenters. The average Bonchev–Trinajstić information content (AvgIpc) is 2.96. The first-order valence-corrected chi connectivity index (χ1v) is 6.83. The van der Waals surface area contributed by atoms with E-state index >= 15 is 0 Å². The summed E-state index contributed by atoms with van der Waals surface area (Å²) in [5.41, 5.74) is 7.36. The first-order valence-electron chi connectivity index (χ1n) is 6.83. The Labute approximate surface area is 127 Å². The van der Waals surface area contributed by atoms with E-state index in [1.54, 1.807) is 18.3 Å². The molecule has 0 saturated carbocycles. The van der Waals surface area contributed by atoms with Crippen molar-refractivity contribution in [1.82, 2.24) is 20.1 Å². The summed E-state index contributed by atoms with van der Waals surface area (Å²) in [5.74, 6) is 0.579. The summed E-state index contributed by atoms with van der Waals surface area (Å²) in [6.07, 6.45) is 3.09. The van der Waals surface area contributed by atoms with Crippen molar-refractivity contribution >= 4 is 11.7 Å². The van der Waals surface area contributed by atoms with Gasteiger partial charge in [-0.2, -0.15) is 9.78 Å². The number of hydrogen-bond acceptors (Lipinski definition) is 4. The number of nitrogens with one attached hydrogen (secondary N) is 1. The number of nitrogens with zero attached hydrogens (tertiary/aromatic N) is 3. The van der Waals surface area contributed by atoms with Crippen LogP contribution >= 0.6 is 0 Å². The molecule has 1 aromatic carbocycles. The van der Waals surface area contributed by atoms with Crippen molar-refractivity contribution in [3.8, 4) is 5.82 Å². The minimum absolute atomic E-state index is 0.261. The molecular weight excluding hydrogens is 278 g/mol. The molecule has 0 fully saturated rings. The van der Waals surface area contributed by atoms with Crippen LogP contribution in [0.25, 0.3) is 5.82 Å². The second-order valence-electron chi connectivity index (χ2n) is 4.71. The summed E-state index contributed by atoms with van der Waals surface area (Å²) in [4.78, 5) is 16.4. The van der Waals surface area contributed by atoms with Crippen LogP contribution in [0.1, 0.15) is 15.9 Å². The molecule has 0 bridgehead atoms. The molecule has 0 aliphatic rings. The minimum atomic E-state index is -0.261. The van der Waals surface area contributed by atoms with Crippen LogP contribution in [0.3, 0.4) is 0 Å². The highest BCUT2D eigenvalue weighted by atomic mass is 16.1. The molecule has 6 heteroatoms. The predicted octanol–water partition coefficient (Wildman–Crippen LogP) is 1.78. The molecule has 0 radical (unpaired) electrons. The van der Waals surface area contributed by atoms with Crippen LogP contribution in [0.2, 0.25) is 0 Å². The van der Waals surface area contributed by atoms with E-state index in [2.05, 4.69) is 15.4 Å². The zero-order chi connectivity index (χ0) is 15.4. The number of pyridine rings is 1. The topological polar surface area (TPSA) is 85.8 Å². The van der Waals surface area contributed by atoms with Gasteiger partial charge in [-0.15, -0.1) is 0 Å². The molecule has 0 spiro atoms. The largest absolute Gasteiger partial charge is 0.383 e. The maximum atomic E-state index is 12.2. The molecule has 0 aliphatic heterocycles. The molecule has 110 valence electrons. The predicted molar refractivity (Wildman–Crippen MR) is 83.4 cm³/mol. The number of nitrogen functional groups attached to an aromatic ring is 1. The number of carbonyl (C=O) groups is 1. The number of nitrogens with two attached hydrogens (primary N) is 1. The monoisotopic (exact) mass is 293 g/mol. The molecule has 0 saturated heterocycles. The fraction of sp³-hybridized carbons (Fsp3) is 0.0625. The third kappa shape index (κ3) is 2.80. The SMILES string of the molecule is Nc1c(C(=O)NCc2ccccc2)cnn1-c1ccccn1. The first kappa shape index (κ1) is 13.8. The van der Waals surface area contributed by atoms with Gasteiger partial charge in [-0.05, 0) is 17.7 Å². The lowest BCUT2D eigenvalue weighted by Gasteiger charge is -2.06. The second-order valence-corrected chi connectivity index (χ2v) is 4.71. The fourth-order valence-electron chi connectivity index (χ4n) is 2.07. The van der Waals surface area contributed by atoms with Crippen LogP contribution in [-0.4, -0.2) is 20.7 Å². The van der Waals surface area contributed by atoms with Gasteiger partial charge in [0.1, 0.15) is 11.4 Å². The zero-order valence-electron chi connectivity index (χ0n) is 11.8. The minimum Gasteiger partial charge on any atom is -0.383 e. The third-order valence-electron chi connectivity index (χ3n) is 3.21. The van der Waals surface area contributed by atoms with Crippen molar-refractivity contribution in [1.29, 1.82) is 0 Å². The number of rotatable bonds is 4. The van der Waals surface area contributed by atoms with E-state index in [0.717, 1.165) is 5.56 Å². The molecule has 1 amide bonds. The Balaban J connectivity index is 1.75. The maximum Gasteiger partial charge on any atom is 0.256 e. The Hall–Kier alpha value is -3.15. The van der Waals surface area contributed by atoms with E-state index in [-0.39, 0.29) is 11.7 Å². The summed E-state index contributed by atoms with van der Waals surface area (Å²) in [7, 11) is 0. The Morgan fingerprint density at radius 3 is 2.64 bits per heavy atom. The van der Waals surface area contributed by atoms with Gasteiger partial charge in [0.05, 0.1) is 6.20 Å². The molecule has 3 rings (SSSR count). The van der Waals surface area contributed by atoms with Gasteiger partial charge in [-0.25, -0.2) is 4.98 Å². The lowest BCUT2D eigenvalue weighted by atomic mass is 10.2. The van der Waals surface area contributed by atoms with Gasteiger partial charge in [0.25, 0.3) is 5.91 Å². The maximum absolute atomic E-state index is 12.2. The van der Waals surface area contributed by atoms with E-state index in [9.17, 15) is 4.79 Å². The second kappa shape index (κ2) is 6.09. The van der Waals surface area contributed by atoms with Crippen LogP contribution in [0.15, 0.2) is 60.9 Å². The average molecular weight is 293 g/mol. The number of benzene rings is 1. The number of anilines is 1. The molecule has 2 heterocycles. The van der Waals surface area contributed by atoms with Gasteiger partial charge in [0, 0.05) is 12.7 Å². The van der Waals surface area contributed by atoms with E-state index < -0.39 is 0 Å². The van der Waals surface area contributed by atoms with Crippen LogP contribution in [0.5, 0.6) is 0 Å². The van der Waals surface area contributed by atoms with E-state index in [4.69, 9.17) is 5.73 Å². The standard InChI is InChI=1S/C16H15N5O/c17-15-13(11-20-21(15)14-8-4-5-9-18-14)16(22)19-10-12-6-2-1-3-7-12/h1-9,11H,10,17H2,(H,19,22). The molecule has 3 N–H and O–H groups in total. The molecule has 22 heavy (non-hydrogen) atoms. The number of amides is 1. The van der Waals surface area contributed by atoms with E-state index in [1.165, 1.54) is 10.9 Å². The van der Waals surface area contributed by atoms with Crippen LogP contribution in [0, 0.1) is 0 Å². The van der Waals surface area contributed by atoms with Crippen LogP contribution < -0.4 is 11.1 Å². The number of hydrogen-bond donors (Lipinski definition) is 2. The van der Waals surface area contributed by atoms with E-state index in [1.807, 2.05) is 36.4 Å². The Kier molecular flexibility index (Phi) is 3.82. The Morgan fingerprint density at radius 2 is 1.91 bits per heavy atom. The van der Waals surface area contributed by atoms with E-state index in [0.29, 0.717) is 17.9 Å². The lowest BCUT2D eigenvalue weighted by molar-refractivity contribution is 0.0952. The van der Waals surface area contributed by atoms with Gasteiger partial charge in [-0.1, -0.05) is 36.4 Å². The summed E-state index contributed by atoms with van der Waals surface area (Å²) < 4.78 is 1.44. The fourth-order valence-corrected chi connectivity index (χ4v) is 2.07. The third-order valence-corrected chi connectivity index (χ3v) is 3.21. The zero-order valence-corrected chi connectivity index (χ0v) is 11.8. The molecule has 0 aliphatic carbocycles. The molecule has 2 aromatic heterocycles. The van der Waals surface area contributed by atoms with Crippen molar-refractivity contribution in [3.05, 3.63) is 72.1 Å². The summed E-state index contributed by atoms with van der Waals surface area (Å²) in [6, 6.07) is 15.1. The molecule has 6 nitrogen and oxygen atoms in total. The van der Waals surface area contributed by atoms with Gasteiger partial charge in [0.2, 0.25) is 0 Å². The van der Waals surface area contributed by atoms with Gasteiger partial charge >= 0.3 is 0 Å². The highest BCUT2D eigenvalue weighted by molar-refractivity contribution is 5.98. The molecular formula is C16H15N5O. The first-order chi connectivity index (χ1) is 10.8. The quantitative estimate of drug-likeness (QED) is 0.767. The summed E-state index contributed by atoms with van der Waals surface area (Å²) >= 11 is 0. The highest BCUT2D eigenvalue weighted by Gasteiger charge is 2.16. The lowest BCUT2D eigenvalue weighted by Crippen LogP contribution is -2.23. The van der Waals surface area contributed by atoms with Crippen LogP contribution in [0.4, 0.5) is 5.82 Å². The molecule has 3 aromatic rings. The summed E-state index contributed by atoms with van der Waals surface area (Å²) in [5, 5.41) is 6.96. The van der Waals surface area contributed by atoms with Gasteiger partial charge in [0.15, 0.2) is 5.82 Å². The van der Waals surface area contributed by atoms with Crippen molar-refractivity contribution in [2.45, 2.75) is 6.54 Å². The van der Waals surface area contributed by atoms with Crippen molar-refractivity contribution < 1.29 is 4.79 Å². The van der Waals surface area contributed by atoms with Crippen LogP contribution in [-0.2, 0) is 6.54 Å². The molecule has 0 unspecified atom stereocenters. The van der Waals surface area contributed by atoms with Gasteiger partial charge in [-0.3, -0.25) is 4.79 Å². The number of carbonyl (C=O) groups excluding carboxylic acids is 1. The van der Waals surface area contributed by atoms with Gasteiger partial charge < -0.3 is 11.1 Å². The van der Waals surface area contributed by atoms with Crippen molar-refractivity contribution in [2.75, 3.05) is 5.73 Å². The smallest absolute Gasteiger partial charge is 0.256 e. The number of aromatic nitrogens is 3. The van der Waals surface area contributed by atoms with Crippen molar-refractivity contribution in [3.63, 3.8) is 0 Å². The van der Waals surface area contributed by atoms with Crippen molar-refractivity contribution in [2.24, 2.45) is 0 Å². The highest BCUT2D eigenvalue weighted by Crippen LogP contribution is 2.15. The Morgan fingerprint density at radius 1 is 1.14 bits per heavy atom.